The number of rotatable bonds is 0. The van der Waals surface area contributed by atoms with E-state index in [4.69, 9.17) is 0 Å². The maximum atomic E-state index is 9.44. The molecule has 0 unspecified atom stereocenters. The Bertz CT molecular complexity index is 6880. The van der Waals surface area contributed by atoms with Crippen molar-refractivity contribution in [3.63, 3.8) is 0 Å². The average Bonchev–Trinajstić information content (AvgIpc) is 0.751. The molecule has 0 saturated carbocycles. The fourth-order valence-electron chi connectivity index (χ4n) is 15.9. The van der Waals surface area contributed by atoms with Gasteiger partial charge in [0.1, 0.15) is 23.1 Å². The number of aryl methyl sites for hydroxylation is 2. The van der Waals surface area contributed by atoms with Crippen LogP contribution >= 0.6 is 0 Å². The Hall–Kier alpha value is -16.1. The predicted octanol–water partition coefficient (Wildman–Crippen LogP) is 40.6. The molecule has 0 fully saturated rings. The summed E-state index contributed by atoms with van der Waals surface area (Å²) in [7, 11) is 0. The Balaban J connectivity index is 0.000000190. The van der Waals surface area contributed by atoms with Crippen molar-refractivity contribution in [2.75, 3.05) is 0 Å². The molecule has 0 bridgehead atoms. The van der Waals surface area contributed by atoms with E-state index in [1.54, 1.807) is 0 Å². The van der Waals surface area contributed by atoms with Gasteiger partial charge in [-0.2, -0.15) is 0 Å². The Morgan fingerprint density at radius 1 is 0.120 bits per heavy atom. The second-order valence-corrected chi connectivity index (χ2v) is 33.1. The van der Waals surface area contributed by atoms with Crippen LogP contribution in [0, 0.1) is 13.8 Å². The van der Waals surface area contributed by atoms with Crippen molar-refractivity contribution in [3.8, 4) is 0 Å². The van der Waals surface area contributed by atoms with E-state index in [1.807, 2.05) is 69.2 Å². The summed E-state index contributed by atoms with van der Waals surface area (Å²) >= 11 is 0. The van der Waals surface area contributed by atoms with Gasteiger partial charge < -0.3 is 19.2 Å². The predicted molar refractivity (Wildman–Crippen MR) is 632 cm³/mol. The number of hydrogen-bond donors (Lipinski definition) is 0. The SMILES string of the molecule is CC.CC.CC.CC.CC.CC(C)=O.CC(C)=O.CC(C)=O.CC(C)=O.Cc1ccccc1C.c1cc2ccc3cccc4ccc(c1)c2c34.c1cc2ccc3cccc4ccc(c1)c2c34.c1ccc2c(c1)ccc1ccccc12.c1ccc2c(c1)ccc1ccccc12.c1ccc2cc3ccccc3cc2c1.c1ccc2cc3ccccc3cc2c1.c1ccc2ccccc2c1.c1ccc2ccccc2c1. The van der Waals surface area contributed by atoms with Crippen molar-refractivity contribution >= 4 is 195 Å². The van der Waals surface area contributed by atoms with Crippen molar-refractivity contribution in [1.82, 2.24) is 0 Å². The Kier molecular flexibility index (Phi) is 47.4. The molecule has 25 rings (SSSR count). The average molecular weight is 1860 g/mol. The van der Waals surface area contributed by atoms with Crippen molar-refractivity contribution < 1.29 is 19.2 Å². The lowest BCUT2D eigenvalue weighted by Crippen LogP contribution is -1.82. The van der Waals surface area contributed by atoms with Gasteiger partial charge in [0.25, 0.3) is 0 Å². The summed E-state index contributed by atoms with van der Waals surface area (Å²) < 4.78 is 0. The molecule has 4 nitrogen and oxygen atoms in total. The lowest BCUT2D eigenvalue weighted by Gasteiger charge is -2.09. The Labute approximate surface area is 843 Å². The zero-order valence-electron chi connectivity index (χ0n) is 86.8. The highest BCUT2D eigenvalue weighted by Crippen LogP contribution is 2.37. The summed E-state index contributed by atoms with van der Waals surface area (Å²) in [5.41, 5.74) is 2.74. The van der Waals surface area contributed by atoms with Crippen molar-refractivity contribution in [2.24, 2.45) is 0 Å². The van der Waals surface area contributed by atoms with Gasteiger partial charge in [0.05, 0.1) is 0 Å². The minimum Gasteiger partial charge on any atom is -0.300 e. The van der Waals surface area contributed by atoms with Crippen LogP contribution in [0.3, 0.4) is 0 Å². The first-order valence-electron chi connectivity index (χ1n) is 49.8. The Morgan fingerprint density at radius 2 is 0.218 bits per heavy atom. The van der Waals surface area contributed by atoms with Crippen LogP contribution in [0.2, 0.25) is 0 Å². The maximum Gasteiger partial charge on any atom is 0.126 e. The van der Waals surface area contributed by atoms with Crippen LogP contribution in [0.25, 0.3) is 172 Å². The second kappa shape index (κ2) is 60.6. The molecule has 0 saturated heterocycles. The lowest BCUT2D eigenvalue weighted by atomic mass is 9.95. The third-order valence-corrected chi connectivity index (χ3v) is 22.1. The highest BCUT2D eigenvalue weighted by Gasteiger charge is 2.09. The van der Waals surface area contributed by atoms with Crippen LogP contribution in [-0.4, -0.2) is 23.1 Å². The van der Waals surface area contributed by atoms with Crippen LogP contribution in [0.1, 0.15) is 136 Å². The van der Waals surface area contributed by atoms with Crippen LogP contribution in [0.5, 0.6) is 0 Å². The lowest BCUT2D eigenvalue weighted by molar-refractivity contribution is -0.115. The van der Waals surface area contributed by atoms with Crippen molar-refractivity contribution in [2.45, 2.75) is 138 Å². The molecule has 0 atom stereocenters. The minimum absolute atomic E-state index is 0.167. The second-order valence-electron chi connectivity index (χ2n) is 33.1. The van der Waals surface area contributed by atoms with E-state index in [1.165, 1.54) is 239 Å². The van der Waals surface area contributed by atoms with Gasteiger partial charge in [0.15, 0.2) is 0 Å². The van der Waals surface area contributed by atoms with E-state index in [-0.39, 0.29) is 23.1 Å². The summed E-state index contributed by atoms with van der Waals surface area (Å²) in [6.45, 7) is 36.5. The normalized spacial score (nSPS) is 9.80. The third kappa shape index (κ3) is 33.3. The first-order chi connectivity index (χ1) is 69.3. The number of Topliss-reactive ketones (excluding diaryl/α,β-unsaturated/α-hetero) is 4. The number of benzene rings is 25. The van der Waals surface area contributed by atoms with E-state index in [2.05, 4.69) is 499 Å². The first kappa shape index (κ1) is 111. The largest absolute Gasteiger partial charge is 0.300 e. The van der Waals surface area contributed by atoms with E-state index in [0.29, 0.717) is 0 Å². The van der Waals surface area contributed by atoms with Crippen LogP contribution in [0.15, 0.2) is 485 Å². The van der Waals surface area contributed by atoms with Gasteiger partial charge in [-0.15, -0.1) is 0 Å². The molecule has 716 valence electrons. The fraction of sp³-hybridized carbons (Fsp3) is 0.145. The zero-order valence-corrected chi connectivity index (χ0v) is 86.8. The van der Waals surface area contributed by atoms with Gasteiger partial charge >= 0.3 is 0 Å². The van der Waals surface area contributed by atoms with E-state index < -0.39 is 0 Å². The topological polar surface area (TPSA) is 68.3 Å². The van der Waals surface area contributed by atoms with E-state index >= 15 is 0 Å². The maximum absolute atomic E-state index is 9.44. The molecule has 25 aromatic rings. The van der Waals surface area contributed by atoms with Crippen molar-refractivity contribution in [3.05, 3.63) is 496 Å². The van der Waals surface area contributed by atoms with Crippen LogP contribution in [-0.2, 0) is 19.2 Å². The molecule has 4 heteroatoms. The highest BCUT2D eigenvalue weighted by atomic mass is 16.1. The van der Waals surface area contributed by atoms with E-state index in [9.17, 15) is 19.2 Å². The molecule has 0 amide bonds. The number of hydrogen-bond acceptors (Lipinski definition) is 4. The standard InChI is InChI=1S/2C16H10.4C14H10.2C10H8.C8H10.4C3H6O.5C2H6/c2*1-3-11-7-9-13-5-2-6-14-10-8-12(4-1)15(11)16(13)14;2*1-3-7-13-11(5-1)9-10-12-6-2-4-8-14(12)13;2*1-2-6-12-10-14-8-4-3-7-13(14)9-11(12)5-1;2*1-2-6-10-8-4-3-7-9(10)5-1;1-7-5-3-4-6-8(7)2;4*1-3(2)4;5*1-2/h2*1-10H;4*1-10H;2*1-8H;3-6H,1-2H3;4*1-2H3;5*1-2H3. The van der Waals surface area contributed by atoms with Gasteiger partial charge in [-0.25, -0.2) is 0 Å². The first-order valence-corrected chi connectivity index (χ1v) is 49.8. The molecule has 0 aliphatic carbocycles. The number of ketones is 4. The highest BCUT2D eigenvalue weighted by molar-refractivity contribution is 6.24. The monoisotopic (exact) mass is 1860 g/mol. The molecule has 142 heavy (non-hydrogen) atoms. The molecule has 0 N–H and O–H groups in total. The van der Waals surface area contributed by atoms with Crippen LogP contribution < -0.4 is 0 Å². The molecule has 0 aromatic heterocycles. The smallest absolute Gasteiger partial charge is 0.126 e. The van der Waals surface area contributed by atoms with Gasteiger partial charge in [-0.1, -0.05) is 530 Å². The summed E-state index contributed by atoms with van der Waals surface area (Å²) in [6, 6.07) is 171. The molecular formula is C138H140O4. The summed E-state index contributed by atoms with van der Waals surface area (Å²) in [6.07, 6.45) is 0. The minimum atomic E-state index is 0.167. The van der Waals surface area contributed by atoms with Crippen molar-refractivity contribution in [1.29, 1.82) is 0 Å². The molecule has 0 spiro atoms. The summed E-state index contributed by atoms with van der Waals surface area (Å²) in [5, 5.41) is 42.6. The molecular weight excluding hydrogens is 1720 g/mol. The number of fused-ring (bicyclic) bond motifs is 12. The fourth-order valence-corrected chi connectivity index (χ4v) is 15.9. The van der Waals surface area contributed by atoms with E-state index in [0.717, 1.165) is 0 Å². The molecule has 0 heterocycles. The van der Waals surface area contributed by atoms with Gasteiger partial charge in [0, 0.05) is 0 Å². The molecule has 0 aliphatic heterocycles. The third-order valence-electron chi connectivity index (χ3n) is 22.1. The van der Waals surface area contributed by atoms with Gasteiger partial charge in [-0.05, 0) is 277 Å². The Morgan fingerprint density at radius 3 is 0.352 bits per heavy atom. The summed E-state index contributed by atoms with van der Waals surface area (Å²) in [4.78, 5) is 37.8. The molecule has 25 aromatic carbocycles. The van der Waals surface area contributed by atoms with Gasteiger partial charge in [0.2, 0.25) is 0 Å². The number of carbonyl (C=O) groups is 4. The quantitative estimate of drug-likeness (QED) is 0.112. The summed E-state index contributed by atoms with van der Waals surface area (Å²) in [5.74, 6) is 0.667. The molecule has 0 radical (unpaired) electrons. The molecule has 0 aliphatic rings. The van der Waals surface area contributed by atoms with Crippen LogP contribution in [0.4, 0.5) is 0 Å². The van der Waals surface area contributed by atoms with Gasteiger partial charge in [-0.3, -0.25) is 0 Å². The zero-order chi connectivity index (χ0) is 103. The number of carbonyl (C=O) groups excluding carboxylic acids is 4.